The number of anilines is 1. The number of carbonyl (C=O) groups excluding carboxylic acids is 3. The molecule has 0 fully saturated rings. The van der Waals surface area contributed by atoms with Gasteiger partial charge in [0.1, 0.15) is 6.61 Å². The SMILES string of the molecule is O=C(OCc1ccc(Br)cc1)c1ccc2c(c1)C(=O)N(c1ccccc1)C2=O. The van der Waals surface area contributed by atoms with E-state index >= 15 is 0 Å². The van der Waals surface area contributed by atoms with Crippen molar-refractivity contribution >= 4 is 39.4 Å². The first-order valence-corrected chi connectivity index (χ1v) is 9.33. The molecule has 28 heavy (non-hydrogen) atoms. The Bertz CT molecular complexity index is 1080. The molecule has 0 aromatic heterocycles. The van der Waals surface area contributed by atoms with Gasteiger partial charge in [-0.05, 0) is 48.0 Å². The van der Waals surface area contributed by atoms with E-state index in [0.29, 0.717) is 5.69 Å². The lowest BCUT2D eigenvalue weighted by atomic mass is 10.1. The summed E-state index contributed by atoms with van der Waals surface area (Å²) in [5, 5.41) is 0. The van der Waals surface area contributed by atoms with Crippen LogP contribution in [0.2, 0.25) is 0 Å². The van der Waals surface area contributed by atoms with Crippen molar-refractivity contribution in [1.29, 1.82) is 0 Å². The molecule has 4 rings (SSSR count). The minimum absolute atomic E-state index is 0.117. The third-order valence-electron chi connectivity index (χ3n) is 4.42. The van der Waals surface area contributed by atoms with Gasteiger partial charge >= 0.3 is 5.97 Å². The highest BCUT2D eigenvalue weighted by Crippen LogP contribution is 2.29. The highest BCUT2D eigenvalue weighted by molar-refractivity contribution is 9.10. The van der Waals surface area contributed by atoms with Crippen molar-refractivity contribution in [3.63, 3.8) is 0 Å². The summed E-state index contributed by atoms with van der Waals surface area (Å²) >= 11 is 3.35. The van der Waals surface area contributed by atoms with Gasteiger partial charge in [-0.3, -0.25) is 9.59 Å². The molecule has 0 saturated heterocycles. The smallest absolute Gasteiger partial charge is 0.338 e. The molecule has 3 aromatic carbocycles. The van der Waals surface area contributed by atoms with Gasteiger partial charge in [0, 0.05) is 4.47 Å². The second kappa shape index (κ2) is 7.40. The third-order valence-corrected chi connectivity index (χ3v) is 4.95. The summed E-state index contributed by atoms with van der Waals surface area (Å²) in [7, 11) is 0. The van der Waals surface area contributed by atoms with Crippen LogP contribution in [0.5, 0.6) is 0 Å². The van der Waals surface area contributed by atoms with Crippen molar-refractivity contribution in [3.8, 4) is 0 Å². The van der Waals surface area contributed by atoms with Gasteiger partial charge < -0.3 is 4.74 Å². The van der Waals surface area contributed by atoms with Gasteiger partial charge in [-0.25, -0.2) is 9.69 Å². The maximum atomic E-state index is 12.7. The molecule has 0 radical (unpaired) electrons. The van der Waals surface area contributed by atoms with Crippen LogP contribution in [-0.4, -0.2) is 17.8 Å². The molecule has 1 aliphatic rings. The van der Waals surface area contributed by atoms with E-state index in [4.69, 9.17) is 4.74 Å². The van der Waals surface area contributed by atoms with Crippen LogP contribution in [0.3, 0.4) is 0 Å². The third kappa shape index (κ3) is 3.34. The van der Waals surface area contributed by atoms with Gasteiger partial charge in [0.2, 0.25) is 0 Å². The molecule has 3 aromatic rings. The van der Waals surface area contributed by atoms with Crippen LogP contribution in [0.1, 0.15) is 36.6 Å². The Balaban J connectivity index is 1.54. The van der Waals surface area contributed by atoms with Crippen LogP contribution >= 0.6 is 15.9 Å². The second-order valence-electron chi connectivity index (χ2n) is 6.24. The van der Waals surface area contributed by atoms with E-state index in [0.717, 1.165) is 14.9 Å². The van der Waals surface area contributed by atoms with E-state index in [2.05, 4.69) is 15.9 Å². The highest BCUT2D eigenvalue weighted by Gasteiger charge is 2.37. The maximum absolute atomic E-state index is 12.7. The van der Waals surface area contributed by atoms with Crippen molar-refractivity contribution < 1.29 is 19.1 Å². The number of halogens is 1. The van der Waals surface area contributed by atoms with Crippen LogP contribution in [0.15, 0.2) is 77.3 Å². The van der Waals surface area contributed by atoms with E-state index in [-0.39, 0.29) is 23.3 Å². The number of rotatable bonds is 4. The fraction of sp³-hybridized carbons (Fsp3) is 0.0455. The number of esters is 1. The van der Waals surface area contributed by atoms with Crippen molar-refractivity contribution in [2.75, 3.05) is 4.90 Å². The average Bonchev–Trinajstić information content (AvgIpc) is 2.98. The lowest BCUT2D eigenvalue weighted by molar-refractivity contribution is 0.0472. The summed E-state index contributed by atoms with van der Waals surface area (Å²) in [6, 6.07) is 20.5. The van der Waals surface area contributed by atoms with E-state index < -0.39 is 17.8 Å². The van der Waals surface area contributed by atoms with Crippen molar-refractivity contribution in [2.45, 2.75) is 6.61 Å². The number of nitrogens with zero attached hydrogens (tertiary/aromatic N) is 1. The zero-order valence-electron chi connectivity index (χ0n) is 14.6. The molecule has 0 N–H and O–H groups in total. The van der Waals surface area contributed by atoms with Crippen LogP contribution < -0.4 is 4.90 Å². The zero-order valence-corrected chi connectivity index (χ0v) is 16.2. The predicted octanol–water partition coefficient (Wildman–Crippen LogP) is 4.61. The van der Waals surface area contributed by atoms with E-state index in [9.17, 15) is 14.4 Å². The largest absolute Gasteiger partial charge is 0.457 e. The molecular formula is C22H14BrNO4. The van der Waals surface area contributed by atoms with Gasteiger partial charge in [-0.2, -0.15) is 0 Å². The minimum Gasteiger partial charge on any atom is -0.457 e. The minimum atomic E-state index is -0.552. The number of ether oxygens (including phenoxy) is 1. The molecule has 0 atom stereocenters. The molecule has 0 unspecified atom stereocenters. The first kappa shape index (κ1) is 18.1. The number of benzene rings is 3. The van der Waals surface area contributed by atoms with Crippen molar-refractivity contribution in [2.24, 2.45) is 0 Å². The van der Waals surface area contributed by atoms with Crippen LogP contribution in [-0.2, 0) is 11.3 Å². The lowest BCUT2D eigenvalue weighted by Gasteiger charge is -2.13. The molecule has 5 nitrogen and oxygen atoms in total. The lowest BCUT2D eigenvalue weighted by Crippen LogP contribution is -2.29. The van der Waals surface area contributed by atoms with Crippen LogP contribution in [0, 0.1) is 0 Å². The summed E-state index contributed by atoms with van der Waals surface area (Å²) in [6.07, 6.45) is 0. The summed E-state index contributed by atoms with van der Waals surface area (Å²) < 4.78 is 6.26. The molecule has 138 valence electrons. The molecule has 0 bridgehead atoms. The number of hydrogen-bond acceptors (Lipinski definition) is 4. The standard InChI is InChI=1S/C22H14BrNO4/c23-16-9-6-14(7-10-16)13-28-22(27)15-8-11-18-19(12-15)21(26)24(20(18)25)17-4-2-1-3-5-17/h1-12H,13H2. The number of imide groups is 1. The number of amides is 2. The Kier molecular flexibility index (Phi) is 4.79. The first-order valence-electron chi connectivity index (χ1n) is 8.54. The normalized spacial score (nSPS) is 12.8. The highest BCUT2D eigenvalue weighted by atomic mass is 79.9. The number of para-hydroxylation sites is 1. The van der Waals surface area contributed by atoms with E-state index in [1.807, 2.05) is 24.3 Å². The Hall–Kier alpha value is -3.25. The van der Waals surface area contributed by atoms with Gasteiger partial charge in [0.25, 0.3) is 11.8 Å². The van der Waals surface area contributed by atoms with Gasteiger partial charge in [-0.1, -0.05) is 46.3 Å². The van der Waals surface area contributed by atoms with Gasteiger partial charge in [0.05, 0.1) is 22.4 Å². The van der Waals surface area contributed by atoms with Crippen LogP contribution in [0.4, 0.5) is 5.69 Å². The Morgan fingerprint density at radius 1 is 0.857 bits per heavy atom. The molecule has 0 spiro atoms. The monoisotopic (exact) mass is 435 g/mol. The molecule has 1 heterocycles. The van der Waals surface area contributed by atoms with E-state index in [1.165, 1.54) is 18.2 Å². The number of hydrogen-bond donors (Lipinski definition) is 0. The molecule has 1 aliphatic heterocycles. The zero-order chi connectivity index (χ0) is 19.7. The fourth-order valence-corrected chi connectivity index (χ4v) is 3.26. The fourth-order valence-electron chi connectivity index (χ4n) is 2.99. The van der Waals surface area contributed by atoms with Crippen molar-refractivity contribution in [3.05, 3.63) is 99.5 Å². The molecule has 6 heteroatoms. The predicted molar refractivity (Wildman–Crippen MR) is 107 cm³/mol. The molecule has 0 aliphatic carbocycles. The van der Waals surface area contributed by atoms with Gasteiger partial charge in [0.15, 0.2) is 0 Å². The summed E-state index contributed by atoms with van der Waals surface area (Å²) in [5.41, 5.74) is 2.05. The first-order chi connectivity index (χ1) is 13.5. The Morgan fingerprint density at radius 3 is 2.25 bits per heavy atom. The van der Waals surface area contributed by atoms with Crippen molar-refractivity contribution in [1.82, 2.24) is 0 Å². The summed E-state index contributed by atoms with van der Waals surface area (Å²) in [4.78, 5) is 38.9. The maximum Gasteiger partial charge on any atom is 0.338 e. The molecule has 0 saturated carbocycles. The van der Waals surface area contributed by atoms with E-state index in [1.54, 1.807) is 30.3 Å². The summed E-state index contributed by atoms with van der Waals surface area (Å²) in [5.74, 6) is -1.40. The summed E-state index contributed by atoms with van der Waals surface area (Å²) in [6.45, 7) is 0.117. The molecule has 2 amide bonds. The number of carbonyl (C=O) groups is 3. The molecular weight excluding hydrogens is 422 g/mol. The topological polar surface area (TPSA) is 63.7 Å². The second-order valence-corrected chi connectivity index (χ2v) is 7.16. The quantitative estimate of drug-likeness (QED) is 0.443. The average molecular weight is 436 g/mol. The Morgan fingerprint density at radius 2 is 1.54 bits per heavy atom. The Labute approximate surface area is 169 Å². The number of fused-ring (bicyclic) bond motifs is 1. The van der Waals surface area contributed by atoms with Crippen LogP contribution in [0.25, 0.3) is 0 Å². The van der Waals surface area contributed by atoms with Gasteiger partial charge in [-0.15, -0.1) is 0 Å².